The SMILES string of the molecule is CCOC(=O)C(C)(C)C(=O)CSc1ccc2c(c1)CCC2. The molecule has 4 heteroatoms. The molecule has 0 heterocycles. The van der Waals surface area contributed by atoms with Gasteiger partial charge in [-0.3, -0.25) is 9.59 Å². The summed E-state index contributed by atoms with van der Waals surface area (Å²) in [6.07, 6.45) is 3.51. The molecule has 0 bridgehead atoms. The third kappa shape index (κ3) is 3.67. The molecule has 0 radical (unpaired) electrons. The van der Waals surface area contributed by atoms with Crippen LogP contribution in [-0.2, 0) is 27.2 Å². The summed E-state index contributed by atoms with van der Waals surface area (Å²) in [5, 5.41) is 0. The number of thioether (sulfide) groups is 1. The summed E-state index contributed by atoms with van der Waals surface area (Å²) < 4.78 is 4.97. The number of fused-ring (bicyclic) bond motifs is 1. The van der Waals surface area contributed by atoms with E-state index in [0.29, 0.717) is 12.4 Å². The van der Waals surface area contributed by atoms with E-state index in [1.807, 2.05) is 0 Å². The van der Waals surface area contributed by atoms with Crippen molar-refractivity contribution in [3.63, 3.8) is 0 Å². The molecule has 0 fully saturated rings. The van der Waals surface area contributed by atoms with Crippen LogP contribution in [0, 0.1) is 5.41 Å². The Labute approximate surface area is 130 Å². The monoisotopic (exact) mass is 306 g/mol. The number of ether oxygens (including phenoxy) is 1. The summed E-state index contributed by atoms with van der Waals surface area (Å²) in [7, 11) is 0. The van der Waals surface area contributed by atoms with Gasteiger partial charge in [0.2, 0.25) is 0 Å². The highest BCUT2D eigenvalue weighted by Gasteiger charge is 2.36. The Balaban J connectivity index is 1.96. The van der Waals surface area contributed by atoms with Crippen molar-refractivity contribution in [2.24, 2.45) is 5.41 Å². The zero-order chi connectivity index (χ0) is 15.5. The van der Waals surface area contributed by atoms with Gasteiger partial charge in [-0.2, -0.15) is 0 Å². The molecule has 0 aromatic heterocycles. The molecule has 0 aliphatic heterocycles. The van der Waals surface area contributed by atoms with Crippen LogP contribution in [0.4, 0.5) is 0 Å². The second-order valence-electron chi connectivity index (χ2n) is 5.84. The van der Waals surface area contributed by atoms with Crippen LogP contribution in [0.5, 0.6) is 0 Å². The van der Waals surface area contributed by atoms with Crippen molar-refractivity contribution in [2.75, 3.05) is 12.4 Å². The number of hydrogen-bond acceptors (Lipinski definition) is 4. The maximum absolute atomic E-state index is 12.3. The molecule has 114 valence electrons. The first-order valence-corrected chi connectivity index (χ1v) is 8.39. The van der Waals surface area contributed by atoms with Gasteiger partial charge in [-0.1, -0.05) is 6.07 Å². The van der Waals surface area contributed by atoms with E-state index in [1.165, 1.54) is 29.3 Å². The Hall–Kier alpha value is -1.29. The van der Waals surface area contributed by atoms with Crippen LogP contribution in [0.25, 0.3) is 0 Å². The van der Waals surface area contributed by atoms with Crippen LogP contribution in [-0.4, -0.2) is 24.1 Å². The molecule has 0 amide bonds. The van der Waals surface area contributed by atoms with Gasteiger partial charge in [0, 0.05) is 4.90 Å². The average molecular weight is 306 g/mol. The lowest BCUT2D eigenvalue weighted by atomic mass is 9.89. The number of Topliss-reactive ketones (excluding diaryl/α,β-unsaturated/α-hetero) is 1. The average Bonchev–Trinajstić information content (AvgIpc) is 2.92. The summed E-state index contributed by atoms with van der Waals surface area (Å²) in [5.74, 6) is -0.235. The second kappa shape index (κ2) is 6.65. The molecule has 0 saturated carbocycles. The Kier molecular flexibility index (Phi) is 5.09. The van der Waals surface area contributed by atoms with Crippen molar-refractivity contribution in [1.29, 1.82) is 0 Å². The van der Waals surface area contributed by atoms with Gasteiger partial charge in [0.1, 0.15) is 5.41 Å². The third-order valence-corrected chi connectivity index (χ3v) is 4.92. The standard InChI is InChI=1S/C17H22O3S/c1-4-20-16(19)17(2,3)15(18)11-21-14-9-8-12-6-5-7-13(12)10-14/h8-10H,4-7,11H2,1-3H3. The van der Waals surface area contributed by atoms with E-state index in [2.05, 4.69) is 18.2 Å². The number of rotatable bonds is 6. The Bertz CT molecular complexity index is 549. The number of carbonyl (C=O) groups is 2. The highest BCUT2D eigenvalue weighted by Crippen LogP contribution is 2.29. The van der Waals surface area contributed by atoms with Crippen molar-refractivity contribution in [2.45, 2.75) is 44.9 Å². The molecule has 1 aliphatic rings. The maximum atomic E-state index is 12.3. The van der Waals surface area contributed by atoms with Crippen molar-refractivity contribution >= 4 is 23.5 Å². The first-order valence-electron chi connectivity index (χ1n) is 7.40. The molecular weight excluding hydrogens is 284 g/mol. The summed E-state index contributed by atoms with van der Waals surface area (Å²) in [6, 6.07) is 6.41. The molecule has 0 spiro atoms. The highest BCUT2D eigenvalue weighted by atomic mass is 32.2. The molecule has 3 nitrogen and oxygen atoms in total. The van der Waals surface area contributed by atoms with E-state index in [9.17, 15) is 9.59 Å². The van der Waals surface area contributed by atoms with Gasteiger partial charge >= 0.3 is 5.97 Å². The lowest BCUT2D eigenvalue weighted by Gasteiger charge is -2.20. The fourth-order valence-electron chi connectivity index (χ4n) is 2.39. The molecule has 0 saturated heterocycles. The van der Waals surface area contributed by atoms with Crippen molar-refractivity contribution < 1.29 is 14.3 Å². The Morgan fingerprint density at radius 2 is 1.95 bits per heavy atom. The van der Waals surface area contributed by atoms with E-state index in [4.69, 9.17) is 4.74 Å². The molecular formula is C17H22O3S. The molecule has 1 aromatic carbocycles. The molecule has 1 aliphatic carbocycles. The van der Waals surface area contributed by atoms with Crippen LogP contribution >= 0.6 is 11.8 Å². The third-order valence-electron chi connectivity index (χ3n) is 3.92. The van der Waals surface area contributed by atoms with Crippen molar-refractivity contribution in [1.82, 2.24) is 0 Å². The number of esters is 1. The molecule has 1 aromatic rings. The predicted octanol–water partition coefficient (Wildman–Crippen LogP) is 3.43. The van der Waals surface area contributed by atoms with Gasteiger partial charge in [0.15, 0.2) is 5.78 Å². The number of carbonyl (C=O) groups excluding carboxylic acids is 2. The molecule has 21 heavy (non-hydrogen) atoms. The molecule has 2 rings (SSSR count). The number of benzene rings is 1. The fraction of sp³-hybridized carbons (Fsp3) is 0.529. The fourth-order valence-corrected chi connectivity index (χ4v) is 3.44. The highest BCUT2D eigenvalue weighted by molar-refractivity contribution is 8.00. The van der Waals surface area contributed by atoms with E-state index in [-0.39, 0.29) is 5.78 Å². The quantitative estimate of drug-likeness (QED) is 0.459. The minimum atomic E-state index is -1.07. The largest absolute Gasteiger partial charge is 0.465 e. The maximum Gasteiger partial charge on any atom is 0.319 e. The van der Waals surface area contributed by atoms with E-state index >= 15 is 0 Å². The number of ketones is 1. The minimum absolute atomic E-state index is 0.0913. The van der Waals surface area contributed by atoms with Crippen LogP contribution in [0.3, 0.4) is 0 Å². The predicted molar refractivity (Wildman–Crippen MR) is 84.6 cm³/mol. The van der Waals surface area contributed by atoms with Gasteiger partial charge < -0.3 is 4.74 Å². The Morgan fingerprint density at radius 1 is 1.24 bits per heavy atom. The zero-order valence-corrected chi connectivity index (χ0v) is 13.7. The molecule has 0 unspecified atom stereocenters. The van der Waals surface area contributed by atoms with Gasteiger partial charge in [-0.25, -0.2) is 0 Å². The smallest absolute Gasteiger partial charge is 0.319 e. The minimum Gasteiger partial charge on any atom is -0.465 e. The normalized spacial score (nSPS) is 13.9. The van der Waals surface area contributed by atoms with Crippen LogP contribution in [0.2, 0.25) is 0 Å². The zero-order valence-electron chi connectivity index (χ0n) is 12.9. The van der Waals surface area contributed by atoms with Crippen molar-refractivity contribution in [3.8, 4) is 0 Å². The van der Waals surface area contributed by atoms with E-state index in [1.54, 1.807) is 20.8 Å². The van der Waals surface area contributed by atoms with Gasteiger partial charge in [-0.05, 0) is 63.3 Å². The van der Waals surface area contributed by atoms with Crippen LogP contribution in [0.1, 0.15) is 38.3 Å². The van der Waals surface area contributed by atoms with Crippen LogP contribution in [0.15, 0.2) is 23.1 Å². The first-order chi connectivity index (χ1) is 9.95. The van der Waals surface area contributed by atoms with E-state index in [0.717, 1.165) is 17.7 Å². The van der Waals surface area contributed by atoms with Crippen LogP contribution < -0.4 is 0 Å². The van der Waals surface area contributed by atoms with Gasteiger partial charge in [0.25, 0.3) is 0 Å². The van der Waals surface area contributed by atoms with Gasteiger partial charge in [-0.15, -0.1) is 11.8 Å². The number of aryl methyl sites for hydroxylation is 2. The summed E-state index contributed by atoms with van der Waals surface area (Å²) in [5.41, 5.74) is 1.76. The summed E-state index contributed by atoms with van der Waals surface area (Å²) in [4.78, 5) is 25.2. The molecule has 0 atom stereocenters. The van der Waals surface area contributed by atoms with Crippen molar-refractivity contribution in [3.05, 3.63) is 29.3 Å². The topological polar surface area (TPSA) is 43.4 Å². The molecule has 0 N–H and O–H groups in total. The lowest BCUT2D eigenvalue weighted by molar-refractivity contribution is -0.157. The lowest BCUT2D eigenvalue weighted by Crippen LogP contribution is -2.36. The summed E-state index contributed by atoms with van der Waals surface area (Å²) >= 11 is 1.50. The van der Waals surface area contributed by atoms with Gasteiger partial charge in [0.05, 0.1) is 12.4 Å². The number of hydrogen-bond donors (Lipinski definition) is 0. The first kappa shape index (κ1) is 16.1. The summed E-state index contributed by atoms with van der Waals surface area (Å²) in [6.45, 7) is 5.32. The van der Waals surface area contributed by atoms with E-state index < -0.39 is 11.4 Å². The second-order valence-corrected chi connectivity index (χ2v) is 6.89. The Morgan fingerprint density at radius 3 is 2.67 bits per heavy atom.